The van der Waals surface area contributed by atoms with Gasteiger partial charge in [-0.2, -0.15) is 4.52 Å². The van der Waals surface area contributed by atoms with Crippen LogP contribution in [0.25, 0.3) is 11.0 Å². The highest BCUT2D eigenvalue weighted by molar-refractivity contribution is 7.15. The largest absolute Gasteiger partial charge is 0.493 e. The van der Waals surface area contributed by atoms with Crippen LogP contribution in [0.4, 0.5) is 5.69 Å². The minimum Gasteiger partial charge on any atom is -0.493 e. The summed E-state index contributed by atoms with van der Waals surface area (Å²) in [5.41, 5.74) is 0.694. The fourth-order valence-corrected chi connectivity index (χ4v) is 4.65. The predicted octanol–water partition coefficient (Wildman–Crippen LogP) is 3.72. The maximum absolute atomic E-state index is 12.7. The summed E-state index contributed by atoms with van der Waals surface area (Å²) in [6, 6.07) is 7.90. The van der Waals surface area contributed by atoms with Crippen molar-refractivity contribution in [3.63, 3.8) is 0 Å². The third-order valence-corrected chi connectivity index (χ3v) is 6.40. The third kappa shape index (κ3) is 4.63. The molecule has 170 valence electrons. The zero-order valence-electron chi connectivity index (χ0n) is 17.4. The van der Waals surface area contributed by atoms with Crippen LogP contribution in [0.3, 0.4) is 0 Å². The van der Waals surface area contributed by atoms with Gasteiger partial charge in [-0.25, -0.2) is 4.98 Å². The molecule has 0 aliphatic carbocycles. The van der Waals surface area contributed by atoms with Crippen LogP contribution in [0, 0.1) is 10.1 Å². The van der Waals surface area contributed by atoms with Crippen LogP contribution in [-0.2, 0) is 12.8 Å². The smallest absolute Gasteiger partial charge is 0.291 e. The van der Waals surface area contributed by atoms with Crippen molar-refractivity contribution in [2.24, 2.45) is 0 Å². The van der Waals surface area contributed by atoms with Gasteiger partial charge in [-0.1, -0.05) is 40.6 Å². The number of benzene rings is 2. The highest BCUT2D eigenvalue weighted by atomic mass is 35.5. The van der Waals surface area contributed by atoms with Crippen molar-refractivity contribution in [2.45, 2.75) is 12.8 Å². The van der Waals surface area contributed by atoms with Crippen molar-refractivity contribution < 1.29 is 14.4 Å². The molecule has 12 heteroatoms. The summed E-state index contributed by atoms with van der Waals surface area (Å²) in [6.07, 6.45) is 2.24. The molecule has 0 aliphatic heterocycles. The molecule has 0 aliphatic rings. The van der Waals surface area contributed by atoms with Gasteiger partial charge in [-0.15, -0.1) is 5.10 Å². The van der Waals surface area contributed by atoms with Gasteiger partial charge >= 0.3 is 0 Å². The van der Waals surface area contributed by atoms with E-state index in [0.717, 1.165) is 0 Å². The lowest BCUT2D eigenvalue weighted by Crippen LogP contribution is -2.23. The summed E-state index contributed by atoms with van der Waals surface area (Å²) < 4.78 is 12.0. The van der Waals surface area contributed by atoms with Gasteiger partial charge in [0.1, 0.15) is 0 Å². The Morgan fingerprint density at radius 2 is 1.88 bits per heavy atom. The second-order valence-electron chi connectivity index (χ2n) is 6.90. The number of halogens is 2. The number of rotatable bonds is 7. The minimum absolute atomic E-state index is 0.0880. The minimum atomic E-state index is -0.476. The summed E-state index contributed by atoms with van der Waals surface area (Å²) in [6.45, 7) is 0. The molecule has 9 nitrogen and oxygen atoms in total. The molecule has 0 fully saturated rings. The summed E-state index contributed by atoms with van der Waals surface area (Å²) in [4.78, 5) is 28.6. The molecule has 2 aromatic carbocycles. The van der Waals surface area contributed by atoms with E-state index in [4.69, 9.17) is 32.7 Å². The SMILES string of the molecule is COc1cc(CCc2nc3s/c(=C\c4ccc(Cl)cc4Cl)c(=O)n3n2)c([N+](=O)[O-])cc1OC. The van der Waals surface area contributed by atoms with Crippen molar-refractivity contribution >= 4 is 51.3 Å². The normalized spacial score (nSPS) is 11.8. The predicted molar refractivity (Wildman–Crippen MR) is 126 cm³/mol. The van der Waals surface area contributed by atoms with E-state index < -0.39 is 4.92 Å². The van der Waals surface area contributed by atoms with E-state index in [1.165, 1.54) is 36.1 Å². The first-order valence-corrected chi connectivity index (χ1v) is 11.1. The fourth-order valence-electron chi connectivity index (χ4n) is 3.27. The first-order chi connectivity index (χ1) is 15.8. The number of nitro benzene ring substituents is 1. The number of aryl methyl sites for hydroxylation is 2. The highest BCUT2D eigenvalue weighted by Gasteiger charge is 2.20. The number of nitro groups is 1. The Hall–Kier alpha value is -3.21. The molecule has 0 saturated carbocycles. The van der Waals surface area contributed by atoms with Crippen molar-refractivity contribution in [2.75, 3.05) is 14.2 Å². The van der Waals surface area contributed by atoms with E-state index in [0.29, 0.717) is 48.7 Å². The van der Waals surface area contributed by atoms with Gasteiger partial charge in [-0.05, 0) is 36.3 Å². The van der Waals surface area contributed by atoms with Crippen LogP contribution < -0.4 is 19.6 Å². The van der Waals surface area contributed by atoms with Crippen molar-refractivity contribution in [1.82, 2.24) is 14.6 Å². The first-order valence-electron chi connectivity index (χ1n) is 9.55. The van der Waals surface area contributed by atoms with Gasteiger partial charge in [0.15, 0.2) is 17.3 Å². The average Bonchev–Trinajstić information content (AvgIpc) is 3.31. The van der Waals surface area contributed by atoms with Gasteiger partial charge in [0.25, 0.3) is 11.2 Å². The van der Waals surface area contributed by atoms with Gasteiger partial charge in [0.05, 0.1) is 29.7 Å². The molecule has 0 spiro atoms. The van der Waals surface area contributed by atoms with E-state index in [9.17, 15) is 14.9 Å². The number of hydrogen-bond donors (Lipinski definition) is 0. The molecule has 0 amide bonds. The molecule has 0 saturated heterocycles. The van der Waals surface area contributed by atoms with Crippen LogP contribution in [0.5, 0.6) is 11.5 Å². The highest BCUT2D eigenvalue weighted by Crippen LogP contribution is 2.35. The Kier molecular flexibility index (Phi) is 6.50. The zero-order valence-corrected chi connectivity index (χ0v) is 19.7. The van der Waals surface area contributed by atoms with Crippen LogP contribution in [0.1, 0.15) is 17.0 Å². The molecule has 0 unspecified atom stereocenters. The second kappa shape index (κ2) is 9.34. The zero-order chi connectivity index (χ0) is 23.7. The van der Waals surface area contributed by atoms with Gasteiger partial charge < -0.3 is 9.47 Å². The van der Waals surface area contributed by atoms with Crippen molar-refractivity contribution in [1.29, 1.82) is 0 Å². The van der Waals surface area contributed by atoms with E-state index in [1.54, 1.807) is 30.3 Å². The van der Waals surface area contributed by atoms with Crippen LogP contribution in [-0.4, -0.2) is 33.7 Å². The molecule has 0 atom stereocenters. The fraction of sp³-hybridized carbons (Fsp3) is 0.190. The molecular formula is C21H16Cl2N4O5S. The molecule has 33 heavy (non-hydrogen) atoms. The number of thiazole rings is 1. The Morgan fingerprint density at radius 3 is 2.52 bits per heavy atom. The number of fused-ring (bicyclic) bond motifs is 1. The summed E-state index contributed by atoms with van der Waals surface area (Å²) in [7, 11) is 2.87. The van der Waals surface area contributed by atoms with Gasteiger partial charge in [0, 0.05) is 22.0 Å². The summed E-state index contributed by atoms with van der Waals surface area (Å²) >= 11 is 13.3. The summed E-state index contributed by atoms with van der Waals surface area (Å²) in [5, 5.41) is 16.7. The third-order valence-electron chi connectivity index (χ3n) is 4.87. The number of ether oxygens (including phenoxy) is 2. The topological polar surface area (TPSA) is 109 Å². The Morgan fingerprint density at radius 1 is 1.15 bits per heavy atom. The molecule has 2 heterocycles. The summed E-state index contributed by atoms with van der Waals surface area (Å²) in [5.74, 6) is 1.06. The lowest BCUT2D eigenvalue weighted by Gasteiger charge is -2.10. The Balaban J connectivity index is 1.62. The lowest BCUT2D eigenvalue weighted by molar-refractivity contribution is -0.385. The molecule has 4 rings (SSSR count). The quantitative estimate of drug-likeness (QED) is 0.277. The maximum Gasteiger partial charge on any atom is 0.291 e. The van der Waals surface area contributed by atoms with E-state index >= 15 is 0 Å². The van der Waals surface area contributed by atoms with Crippen molar-refractivity contribution in [3.05, 3.63) is 82.3 Å². The molecular weight excluding hydrogens is 491 g/mol. The van der Waals surface area contributed by atoms with Gasteiger partial charge in [-0.3, -0.25) is 14.9 Å². The van der Waals surface area contributed by atoms with Crippen molar-refractivity contribution in [3.8, 4) is 11.5 Å². The lowest BCUT2D eigenvalue weighted by atomic mass is 10.1. The van der Waals surface area contributed by atoms with E-state index in [1.807, 2.05) is 0 Å². The number of hydrogen-bond acceptors (Lipinski definition) is 8. The van der Waals surface area contributed by atoms with Gasteiger partial charge in [0.2, 0.25) is 4.96 Å². The Bertz CT molecular complexity index is 1480. The Labute approximate surface area is 200 Å². The molecule has 4 aromatic rings. The van der Waals surface area contributed by atoms with Crippen LogP contribution >= 0.6 is 34.5 Å². The second-order valence-corrected chi connectivity index (χ2v) is 8.75. The molecule has 0 bridgehead atoms. The molecule has 0 radical (unpaired) electrons. The number of methoxy groups -OCH3 is 2. The van der Waals surface area contributed by atoms with Crippen LogP contribution in [0.15, 0.2) is 35.1 Å². The number of nitrogens with zero attached hydrogens (tertiary/aromatic N) is 4. The monoisotopic (exact) mass is 506 g/mol. The van der Waals surface area contributed by atoms with Crippen LogP contribution in [0.2, 0.25) is 10.0 Å². The standard InChI is InChI=1S/C21H16Cl2N4O5S/c1-31-16-7-12(15(27(29)30)10-17(16)32-2)4-6-19-24-21-26(25-19)20(28)18(33-21)8-11-3-5-13(22)9-14(11)23/h3,5,7-10H,4,6H2,1-2H3/b18-8-. The maximum atomic E-state index is 12.7. The first kappa shape index (κ1) is 23.0. The van der Waals surface area contributed by atoms with E-state index in [-0.39, 0.29) is 23.4 Å². The van der Waals surface area contributed by atoms with E-state index in [2.05, 4.69) is 10.1 Å². The average molecular weight is 507 g/mol. The molecule has 0 N–H and O–H groups in total. The molecule has 2 aromatic heterocycles. The number of aromatic nitrogens is 3.